The number of piperazine rings is 1. The van der Waals surface area contributed by atoms with Crippen molar-refractivity contribution in [3.63, 3.8) is 0 Å². The number of hydrogen-bond acceptors (Lipinski definition) is 6. The largest absolute Gasteiger partial charge is 0.464 e. The van der Waals surface area contributed by atoms with E-state index < -0.39 is 11.5 Å². The van der Waals surface area contributed by atoms with E-state index in [0.29, 0.717) is 23.9 Å². The highest BCUT2D eigenvalue weighted by Gasteiger charge is 2.42. The van der Waals surface area contributed by atoms with Crippen molar-refractivity contribution in [3.05, 3.63) is 10.6 Å². The molecule has 20 heavy (non-hydrogen) atoms. The number of esters is 1. The molecule has 0 spiro atoms. The molecule has 0 radical (unpaired) electrons. The van der Waals surface area contributed by atoms with Gasteiger partial charge < -0.3 is 14.5 Å². The van der Waals surface area contributed by atoms with Gasteiger partial charge in [-0.1, -0.05) is 0 Å². The molecule has 1 amide bonds. The zero-order valence-corrected chi connectivity index (χ0v) is 13.2. The van der Waals surface area contributed by atoms with Crippen LogP contribution >= 0.6 is 11.3 Å². The van der Waals surface area contributed by atoms with Crippen molar-refractivity contribution in [1.29, 1.82) is 0 Å². The van der Waals surface area contributed by atoms with Crippen LogP contribution in [0.1, 0.15) is 29.2 Å². The topological polar surface area (TPSA) is 62.7 Å². The van der Waals surface area contributed by atoms with E-state index in [4.69, 9.17) is 4.74 Å². The van der Waals surface area contributed by atoms with Crippen molar-refractivity contribution in [3.8, 4) is 0 Å². The van der Waals surface area contributed by atoms with Gasteiger partial charge in [0.1, 0.15) is 5.54 Å². The van der Waals surface area contributed by atoms with E-state index in [-0.39, 0.29) is 5.91 Å². The van der Waals surface area contributed by atoms with Crippen molar-refractivity contribution < 1.29 is 14.3 Å². The lowest BCUT2D eigenvalue weighted by Gasteiger charge is -2.44. The summed E-state index contributed by atoms with van der Waals surface area (Å²) in [6, 6.07) is 0. The number of rotatable bonds is 2. The van der Waals surface area contributed by atoms with Crippen LogP contribution in [0.2, 0.25) is 0 Å². The summed E-state index contributed by atoms with van der Waals surface area (Å²) < 4.78 is 4.72. The molecule has 0 atom stereocenters. The first kappa shape index (κ1) is 14.8. The van der Waals surface area contributed by atoms with E-state index in [1.165, 1.54) is 18.4 Å². The van der Waals surface area contributed by atoms with Crippen molar-refractivity contribution in [2.75, 3.05) is 32.1 Å². The van der Waals surface area contributed by atoms with Gasteiger partial charge in [0.15, 0.2) is 10.8 Å². The van der Waals surface area contributed by atoms with E-state index in [1.807, 2.05) is 25.7 Å². The Bertz CT molecular complexity index is 553. The Hall–Kier alpha value is -1.63. The van der Waals surface area contributed by atoms with Crippen LogP contribution in [0.15, 0.2) is 0 Å². The molecule has 2 rings (SSSR count). The van der Waals surface area contributed by atoms with Crippen molar-refractivity contribution in [1.82, 2.24) is 9.88 Å². The lowest BCUT2D eigenvalue weighted by Crippen LogP contribution is -2.62. The fraction of sp³-hybridized carbons (Fsp3) is 0.615. The van der Waals surface area contributed by atoms with Gasteiger partial charge >= 0.3 is 5.97 Å². The monoisotopic (exact) mass is 297 g/mol. The van der Waals surface area contributed by atoms with Gasteiger partial charge in [0.05, 0.1) is 7.11 Å². The predicted molar refractivity (Wildman–Crippen MR) is 77.3 cm³/mol. The van der Waals surface area contributed by atoms with Crippen LogP contribution in [0.5, 0.6) is 0 Å². The number of ether oxygens (including phenoxy) is 1. The maximum atomic E-state index is 12.3. The predicted octanol–water partition coefficient (Wildman–Crippen LogP) is 1.30. The summed E-state index contributed by atoms with van der Waals surface area (Å²) in [6.07, 6.45) is 0. The van der Waals surface area contributed by atoms with Gasteiger partial charge in [-0.25, -0.2) is 9.78 Å². The van der Waals surface area contributed by atoms with Crippen LogP contribution in [0.4, 0.5) is 5.13 Å². The lowest BCUT2D eigenvalue weighted by atomic mass is 9.99. The maximum Gasteiger partial charge on any atom is 0.357 e. The average Bonchev–Trinajstić information content (AvgIpc) is 2.77. The summed E-state index contributed by atoms with van der Waals surface area (Å²) in [7, 11) is 3.14. The highest BCUT2D eigenvalue weighted by atomic mass is 32.1. The normalized spacial score (nSPS) is 18.4. The molecule has 2 heterocycles. The molecule has 0 N–H and O–H groups in total. The van der Waals surface area contributed by atoms with E-state index in [2.05, 4.69) is 4.98 Å². The molecule has 110 valence electrons. The summed E-state index contributed by atoms with van der Waals surface area (Å²) >= 11 is 1.41. The second-order valence-corrected chi connectivity index (χ2v) is 6.51. The molecule has 6 nitrogen and oxygen atoms in total. The molecule has 0 saturated carbocycles. The van der Waals surface area contributed by atoms with Gasteiger partial charge in [0.2, 0.25) is 5.91 Å². The van der Waals surface area contributed by atoms with Crippen LogP contribution in [-0.4, -0.2) is 54.5 Å². The molecule has 7 heteroatoms. The molecule has 0 aliphatic carbocycles. The van der Waals surface area contributed by atoms with Crippen LogP contribution in [0.25, 0.3) is 0 Å². The van der Waals surface area contributed by atoms with E-state index in [0.717, 1.165) is 4.88 Å². The molecule has 1 fully saturated rings. The minimum absolute atomic E-state index is 0.0521. The van der Waals surface area contributed by atoms with Gasteiger partial charge in [0.25, 0.3) is 0 Å². The zero-order valence-electron chi connectivity index (χ0n) is 12.4. The third-order valence-electron chi connectivity index (χ3n) is 3.60. The number of carbonyl (C=O) groups excluding carboxylic acids is 2. The van der Waals surface area contributed by atoms with Crippen molar-refractivity contribution >= 4 is 28.3 Å². The summed E-state index contributed by atoms with van der Waals surface area (Å²) in [6.45, 7) is 6.93. The number of carbonyl (C=O) groups is 2. The molecule has 1 saturated heterocycles. The Balaban J connectivity index is 2.37. The van der Waals surface area contributed by atoms with Crippen LogP contribution in [0, 0.1) is 6.92 Å². The summed E-state index contributed by atoms with van der Waals surface area (Å²) in [5.74, 6) is -0.389. The number of nitrogens with zero attached hydrogens (tertiary/aromatic N) is 3. The van der Waals surface area contributed by atoms with E-state index >= 15 is 0 Å². The second kappa shape index (κ2) is 5.05. The quantitative estimate of drug-likeness (QED) is 0.770. The first-order valence-electron chi connectivity index (χ1n) is 6.38. The standard InChI is InChI=1S/C13H19N3O3S/c1-8-9(10(17)19-5)14-12(20-8)16-7-6-15(4)11(18)13(16,2)3/h6-7H2,1-5H3. The van der Waals surface area contributed by atoms with Crippen molar-refractivity contribution in [2.45, 2.75) is 26.3 Å². The maximum absolute atomic E-state index is 12.3. The fourth-order valence-corrected chi connectivity index (χ4v) is 3.40. The fourth-order valence-electron chi connectivity index (χ4n) is 2.33. The Kier molecular flexibility index (Phi) is 3.73. The number of likely N-dealkylation sites (N-methyl/N-ethyl adjacent to an activating group) is 1. The molecular weight excluding hydrogens is 278 g/mol. The molecule has 1 aliphatic rings. The Morgan fingerprint density at radius 1 is 1.40 bits per heavy atom. The van der Waals surface area contributed by atoms with Gasteiger partial charge in [0, 0.05) is 25.0 Å². The SMILES string of the molecule is COC(=O)c1nc(N2CCN(C)C(=O)C2(C)C)sc1C. The molecular formula is C13H19N3O3S. The number of aromatic nitrogens is 1. The molecule has 0 unspecified atom stereocenters. The first-order valence-corrected chi connectivity index (χ1v) is 7.19. The number of hydrogen-bond donors (Lipinski definition) is 0. The molecule has 1 aromatic rings. The number of thiazole rings is 1. The Morgan fingerprint density at radius 3 is 2.65 bits per heavy atom. The smallest absolute Gasteiger partial charge is 0.357 e. The van der Waals surface area contributed by atoms with Gasteiger partial charge in [-0.15, -0.1) is 11.3 Å². The molecule has 1 aromatic heterocycles. The average molecular weight is 297 g/mol. The van der Waals surface area contributed by atoms with Crippen LogP contribution in [-0.2, 0) is 9.53 Å². The number of amides is 1. The summed E-state index contributed by atoms with van der Waals surface area (Å²) in [4.78, 5) is 32.8. The molecule has 1 aliphatic heterocycles. The van der Waals surface area contributed by atoms with Gasteiger partial charge in [-0.3, -0.25) is 4.79 Å². The Morgan fingerprint density at radius 2 is 2.05 bits per heavy atom. The number of anilines is 1. The highest BCUT2D eigenvalue weighted by Crippen LogP contribution is 2.33. The van der Waals surface area contributed by atoms with Crippen LogP contribution in [0.3, 0.4) is 0 Å². The van der Waals surface area contributed by atoms with Crippen molar-refractivity contribution in [2.24, 2.45) is 0 Å². The number of methoxy groups -OCH3 is 1. The molecule has 0 bridgehead atoms. The van der Waals surface area contributed by atoms with Gasteiger partial charge in [-0.2, -0.15) is 0 Å². The van der Waals surface area contributed by atoms with Gasteiger partial charge in [-0.05, 0) is 20.8 Å². The summed E-state index contributed by atoms with van der Waals surface area (Å²) in [5.41, 5.74) is -0.334. The van der Waals surface area contributed by atoms with E-state index in [9.17, 15) is 9.59 Å². The summed E-state index contributed by atoms with van der Waals surface area (Å²) in [5, 5.41) is 0.689. The number of aryl methyl sites for hydroxylation is 1. The minimum atomic E-state index is -0.662. The zero-order chi connectivity index (χ0) is 15.1. The molecule has 0 aromatic carbocycles. The third-order valence-corrected chi connectivity index (χ3v) is 4.59. The second-order valence-electron chi connectivity index (χ2n) is 5.33. The first-order chi connectivity index (χ1) is 9.28. The highest BCUT2D eigenvalue weighted by molar-refractivity contribution is 7.15. The Labute approximate surface area is 122 Å². The lowest BCUT2D eigenvalue weighted by molar-refractivity contribution is -0.136. The van der Waals surface area contributed by atoms with E-state index in [1.54, 1.807) is 11.9 Å². The van der Waals surface area contributed by atoms with Crippen LogP contribution < -0.4 is 4.90 Å². The minimum Gasteiger partial charge on any atom is -0.464 e. The third kappa shape index (κ3) is 2.26.